The maximum atomic E-state index is 5.95. The maximum Gasteiger partial charge on any atom is 0.116 e. The molecule has 18 heavy (non-hydrogen) atoms. The number of unbranched alkanes of at least 4 members (excludes halogenated alkanes) is 3. The summed E-state index contributed by atoms with van der Waals surface area (Å²) in [4.78, 5) is 0. The lowest BCUT2D eigenvalue weighted by molar-refractivity contribution is 0.377. The van der Waals surface area contributed by atoms with Gasteiger partial charge in [-0.15, -0.1) is 0 Å². The SMILES string of the molecule is [B]/C(C=C)=C(/N=NC=C)C(C)(C)CCCCCC. The Morgan fingerprint density at radius 3 is 2.39 bits per heavy atom. The van der Waals surface area contributed by atoms with Crippen molar-refractivity contribution in [3.05, 3.63) is 36.6 Å². The Bertz CT molecular complexity index is 327. The smallest absolute Gasteiger partial charge is 0.116 e. The van der Waals surface area contributed by atoms with Crippen molar-refractivity contribution in [2.24, 2.45) is 15.6 Å². The Balaban J connectivity index is 4.81. The first-order valence-corrected chi connectivity index (χ1v) is 6.64. The Labute approximate surface area is 113 Å². The predicted molar refractivity (Wildman–Crippen MR) is 80.6 cm³/mol. The fourth-order valence-corrected chi connectivity index (χ4v) is 1.89. The molecule has 0 saturated heterocycles. The molecule has 0 aromatic heterocycles. The Morgan fingerprint density at radius 2 is 1.89 bits per heavy atom. The summed E-state index contributed by atoms with van der Waals surface area (Å²) in [5.74, 6) is 0. The summed E-state index contributed by atoms with van der Waals surface area (Å²) in [6, 6.07) is 0. The van der Waals surface area contributed by atoms with Gasteiger partial charge < -0.3 is 0 Å². The normalized spacial score (nSPS) is 13.5. The molecule has 0 unspecified atom stereocenters. The third kappa shape index (κ3) is 5.99. The van der Waals surface area contributed by atoms with Crippen molar-refractivity contribution in [1.82, 2.24) is 0 Å². The molecule has 0 aromatic rings. The van der Waals surface area contributed by atoms with Gasteiger partial charge in [0.1, 0.15) is 7.85 Å². The van der Waals surface area contributed by atoms with Crippen molar-refractivity contribution < 1.29 is 0 Å². The first-order valence-electron chi connectivity index (χ1n) is 6.64. The highest BCUT2D eigenvalue weighted by Gasteiger charge is 2.24. The zero-order chi connectivity index (χ0) is 14.0. The molecular formula is C15H25BN2. The van der Waals surface area contributed by atoms with Crippen LogP contribution >= 0.6 is 0 Å². The van der Waals surface area contributed by atoms with Gasteiger partial charge in [-0.05, 0) is 6.42 Å². The van der Waals surface area contributed by atoms with Crippen LogP contribution in [-0.4, -0.2) is 7.85 Å². The molecule has 0 saturated carbocycles. The number of nitrogens with zero attached hydrogens (tertiary/aromatic N) is 2. The van der Waals surface area contributed by atoms with Gasteiger partial charge in [0.25, 0.3) is 0 Å². The lowest BCUT2D eigenvalue weighted by Gasteiger charge is -2.26. The number of allylic oxidation sites excluding steroid dienone is 3. The summed E-state index contributed by atoms with van der Waals surface area (Å²) in [7, 11) is 5.95. The van der Waals surface area contributed by atoms with Gasteiger partial charge in [-0.1, -0.05) is 71.2 Å². The predicted octanol–water partition coefficient (Wildman–Crippen LogP) is 5.14. The van der Waals surface area contributed by atoms with E-state index >= 15 is 0 Å². The Kier molecular flexibility index (Phi) is 8.35. The van der Waals surface area contributed by atoms with Crippen LogP contribution in [0.3, 0.4) is 0 Å². The van der Waals surface area contributed by atoms with Gasteiger partial charge in [0.05, 0.1) is 5.70 Å². The van der Waals surface area contributed by atoms with Gasteiger partial charge in [0.15, 0.2) is 0 Å². The second-order valence-corrected chi connectivity index (χ2v) is 5.10. The summed E-state index contributed by atoms with van der Waals surface area (Å²) < 4.78 is 0. The largest absolute Gasteiger partial charge is 0.160 e. The lowest BCUT2D eigenvalue weighted by atomic mass is 9.77. The van der Waals surface area contributed by atoms with Crippen LogP contribution in [0.2, 0.25) is 0 Å². The van der Waals surface area contributed by atoms with Gasteiger partial charge >= 0.3 is 0 Å². The Morgan fingerprint density at radius 1 is 1.22 bits per heavy atom. The van der Waals surface area contributed by atoms with E-state index in [1.165, 1.54) is 31.9 Å². The molecular weight excluding hydrogens is 219 g/mol. The lowest BCUT2D eigenvalue weighted by Crippen LogP contribution is -2.15. The van der Waals surface area contributed by atoms with E-state index in [-0.39, 0.29) is 5.41 Å². The molecule has 0 spiro atoms. The van der Waals surface area contributed by atoms with Crippen LogP contribution in [0.5, 0.6) is 0 Å². The average Bonchev–Trinajstić information content (AvgIpc) is 2.34. The van der Waals surface area contributed by atoms with Crippen LogP contribution < -0.4 is 0 Å². The van der Waals surface area contributed by atoms with Crippen LogP contribution in [0.25, 0.3) is 0 Å². The number of hydrogen-bond acceptors (Lipinski definition) is 2. The second-order valence-electron chi connectivity index (χ2n) is 5.10. The first kappa shape index (κ1) is 16.9. The molecule has 0 aliphatic rings. The Hall–Kier alpha value is -1.12. The van der Waals surface area contributed by atoms with Crippen molar-refractivity contribution in [3.63, 3.8) is 0 Å². The second kappa shape index (κ2) is 8.90. The number of hydrogen-bond donors (Lipinski definition) is 0. The molecule has 0 heterocycles. The highest BCUT2D eigenvalue weighted by molar-refractivity contribution is 6.23. The quantitative estimate of drug-likeness (QED) is 0.232. The highest BCUT2D eigenvalue weighted by Crippen LogP contribution is 2.35. The summed E-state index contributed by atoms with van der Waals surface area (Å²) in [6.07, 6.45) is 9.05. The molecule has 2 nitrogen and oxygen atoms in total. The van der Waals surface area contributed by atoms with E-state index in [4.69, 9.17) is 7.85 Å². The van der Waals surface area contributed by atoms with Crippen LogP contribution in [0.1, 0.15) is 52.9 Å². The molecule has 0 aromatic carbocycles. The van der Waals surface area contributed by atoms with Gasteiger partial charge in [-0.3, -0.25) is 0 Å². The van der Waals surface area contributed by atoms with Crippen molar-refractivity contribution in [1.29, 1.82) is 0 Å². The molecule has 0 aliphatic heterocycles. The minimum absolute atomic E-state index is 0.0848. The first-order chi connectivity index (χ1) is 8.49. The summed E-state index contributed by atoms with van der Waals surface area (Å²) in [6.45, 7) is 13.7. The monoisotopic (exact) mass is 244 g/mol. The van der Waals surface area contributed by atoms with E-state index in [0.717, 1.165) is 12.1 Å². The van der Waals surface area contributed by atoms with E-state index in [0.29, 0.717) is 5.47 Å². The number of rotatable bonds is 9. The van der Waals surface area contributed by atoms with Crippen molar-refractivity contribution >= 4 is 7.85 Å². The van der Waals surface area contributed by atoms with Crippen LogP contribution in [-0.2, 0) is 0 Å². The molecule has 0 bridgehead atoms. The fraction of sp³-hybridized carbons (Fsp3) is 0.600. The molecule has 0 amide bonds. The zero-order valence-corrected chi connectivity index (χ0v) is 12.1. The van der Waals surface area contributed by atoms with Crippen molar-refractivity contribution in [3.8, 4) is 0 Å². The van der Waals surface area contributed by atoms with E-state index in [1.54, 1.807) is 6.08 Å². The molecule has 0 atom stereocenters. The van der Waals surface area contributed by atoms with Crippen LogP contribution in [0.4, 0.5) is 0 Å². The fourth-order valence-electron chi connectivity index (χ4n) is 1.89. The third-order valence-corrected chi connectivity index (χ3v) is 3.03. The van der Waals surface area contributed by atoms with E-state index in [9.17, 15) is 0 Å². The minimum Gasteiger partial charge on any atom is -0.160 e. The molecule has 0 aliphatic carbocycles. The summed E-state index contributed by atoms with van der Waals surface area (Å²) in [5, 5.41) is 8.03. The number of azo groups is 1. The van der Waals surface area contributed by atoms with Gasteiger partial charge in [-0.2, -0.15) is 10.2 Å². The average molecular weight is 244 g/mol. The summed E-state index contributed by atoms with van der Waals surface area (Å²) in [5.41, 5.74) is 1.31. The van der Waals surface area contributed by atoms with Crippen molar-refractivity contribution in [2.45, 2.75) is 52.9 Å². The van der Waals surface area contributed by atoms with Gasteiger partial charge in [-0.25, -0.2) is 0 Å². The third-order valence-electron chi connectivity index (χ3n) is 3.03. The van der Waals surface area contributed by atoms with Crippen LogP contribution in [0, 0.1) is 5.41 Å². The topological polar surface area (TPSA) is 24.7 Å². The van der Waals surface area contributed by atoms with Gasteiger partial charge in [0, 0.05) is 11.6 Å². The van der Waals surface area contributed by atoms with Crippen molar-refractivity contribution in [2.75, 3.05) is 0 Å². The molecule has 0 rings (SSSR count). The standard InChI is InChI=1S/C15H25BN2/c1-6-9-10-11-12-15(4,5)14(13(16)7-2)18-17-8-3/h7-8H,2-3,6,9-12H2,1,4-5H3/b14-13+,18-17?. The molecule has 0 N–H and O–H groups in total. The van der Waals surface area contributed by atoms with Crippen LogP contribution in [0.15, 0.2) is 46.8 Å². The zero-order valence-electron chi connectivity index (χ0n) is 12.1. The molecule has 3 heteroatoms. The molecule has 98 valence electrons. The molecule has 2 radical (unpaired) electrons. The summed E-state index contributed by atoms with van der Waals surface area (Å²) >= 11 is 0. The maximum absolute atomic E-state index is 5.95. The highest BCUT2D eigenvalue weighted by atomic mass is 15.1. The van der Waals surface area contributed by atoms with E-state index in [2.05, 4.69) is 44.2 Å². The van der Waals surface area contributed by atoms with E-state index < -0.39 is 0 Å². The molecule has 0 fully saturated rings. The van der Waals surface area contributed by atoms with E-state index in [1.807, 2.05) is 0 Å². The minimum atomic E-state index is -0.0848. The van der Waals surface area contributed by atoms with Gasteiger partial charge in [0.2, 0.25) is 0 Å².